The van der Waals surface area contributed by atoms with E-state index in [0.29, 0.717) is 22.8 Å². The molecule has 0 saturated carbocycles. The van der Waals surface area contributed by atoms with Gasteiger partial charge in [0.15, 0.2) is 0 Å². The van der Waals surface area contributed by atoms with Crippen molar-refractivity contribution >= 4 is 24.1 Å². The van der Waals surface area contributed by atoms with E-state index in [-0.39, 0.29) is 12.4 Å². The van der Waals surface area contributed by atoms with E-state index in [1.54, 1.807) is 31.2 Å². The first-order valence-electron chi connectivity index (χ1n) is 7.65. The second-order valence-electron chi connectivity index (χ2n) is 5.08. The minimum atomic E-state index is -0.494. The van der Waals surface area contributed by atoms with Crippen LogP contribution < -0.4 is 10.5 Å². The zero-order valence-corrected chi connectivity index (χ0v) is 14.8. The number of nitrogens with two attached hydrogens (primary N) is 1. The number of rotatable bonds is 6. The monoisotopic (exact) mass is 349 g/mol. The van der Waals surface area contributed by atoms with Crippen LogP contribution in [0, 0.1) is 0 Å². The standard InChI is InChI=1S/C13H11NO2.C6H12O.ClH/c14-13(15)11-8-4-5-9-12(11)16-10-6-2-1-3-7-10;1-3-4-5-6(2)7;/h1-9H,(H2,14,15);3-5H2,1-2H3;1H. The van der Waals surface area contributed by atoms with Gasteiger partial charge in [0.25, 0.3) is 5.91 Å². The molecule has 130 valence electrons. The molecule has 0 bridgehead atoms. The highest BCUT2D eigenvalue weighted by molar-refractivity contribution is 5.95. The molecule has 4 nitrogen and oxygen atoms in total. The van der Waals surface area contributed by atoms with Gasteiger partial charge >= 0.3 is 0 Å². The number of carbonyl (C=O) groups excluding carboxylic acids is 2. The highest BCUT2D eigenvalue weighted by Crippen LogP contribution is 2.24. The zero-order valence-electron chi connectivity index (χ0n) is 14.0. The lowest BCUT2D eigenvalue weighted by molar-refractivity contribution is -0.117. The predicted molar refractivity (Wildman–Crippen MR) is 98.9 cm³/mol. The van der Waals surface area contributed by atoms with Crippen molar-refractivity contribution < 1.29 is 14.3 Å². The number of benzene rings is 2. The molecule has 2 aromatic rings. The quantitative estimate of drug-likeness (QED) is 0.816. The van der Waals surface area contributed by atoms with E-state index < -0.39 is 5.91 Å². The number of primary amides is 1. The Balaban J connectivity index is 0.000000570. The third-order valence-corrected chi connectivity index (χ3v) is 3.01. The summed E-state index contributed by atoms with van der Waals surface area (Å²) >= 11 is 0. The lowest BCUT2D eigenvalue weighted by Gasteiger charge is -2.08. The van der Waals surface area contributed by atoms with Gasteiger partial charge in [-0.15, -0.1) is 12.4 Å². The van der Waals surface area contributed by atoms with E-state index in [9.17, 15) is 9.59 Å². The van der Waals surface area contributed by atoms with Crippen LogP contribution in [0.3, 0.4) is 0 Å². The van der Waals surface area contributed by atoms with E-state index in [4.69, 9.17) is 10.5 Å². The van der Waals surface area contributed by atoms with Gasteiger partial charge in [-0.25, -0.2) is 0 Å². The molecule has 24 heavy (non-hydrogen) atoms. The molecule has 0 aliphatic carbocycles. The van der Waals surface area contributed by atoms with Gasteiger partial charge in [0, 0.05) is 6.42 Å². The number of ketones is 1. The normalized spacial score (nSPS) is 9.08. The summed E-state index contributed by atoms with van der Waals surface area (Å²) in [6.45, 7) is 3.72. The Kier molecular flexibility index (Phi) is 11.0. The van der Waals surface area contributed by atoms with Gasteiger partial charge in [0.1, 0.15) is 17.3 Å². The molecule has 1 amide bonds. The number of halogens is 1. The lowest BCUT2D eigenvalue weighted by atomic mass is 10.2. The molecule has 0 aromatic heterocycles. The third kappa shape index (κ3) is 8.34. The van der Waals surface area contributed by atoms with E-state index in [2.05, 4.69) is 6.92 Å². The first-order chi connectivity index (χ1) is 11.0. The van der Waals surface area contributed by atoms with Crippen LogP contribution in [-0.4, -0.2) is 11.7 Å². The van der Waals surface area contributed by atoms with Gasteiger partial charge in [-0.3, -0.25) is 4.79 Å². The second kappa shape index (κ2) is 12.1. The van der Waals surface area contributed by atoms with Crippen LogP contribution in [0.15, 0.2) is 54.6 Å². The van der Waals surface area contributed by atoms with Crippen molar-refractivity contribution in [2.24, 2.45) is 5.73 Å². The van der Waals surface area contributed by atoms with Gasteiger partial charge in [-0.05, 0) is 37.6 Å². The first kappa shape index (κ1) is 21.7. The van der Waals surface area contributed by atoms with Gasteiger partial charge in [-0.1, -0.05) is 43.7 Å². The summed E-state index contributed by atoms with van der Waals surface area (Å²) in [5.41, 5.74) is 5.63. The highest BCUT2D eigenvalue weighted by atomic mass is 35.5. The molecule has 2 aromatic carbocycles. The average molecular weight is 350 g/mol. The van der Waals surface area contributed by atoms with E-state index in [1.165, 1.54) is 0 Å². The maximum absolute atomic E-state index is 11.2. The van der Waals surface area contributed by atoms with Gasteiger partial charge in [0.05, 0.1) is 5.56 Å². The molecule has 2 rings (SSSR count). The molecule has 0 unspecified atom stereocenters. The number of amides is 1. The molecular weight excluding hydrogens is 326 g/mol. The molecule has 0 saturated heterocycles. The SMILES string of the molecule is CCCCC(C)=O.Cl.NC(=O)c1ccccc1Oc1ccccc1. The van der Waals surface area contributed by atoms with Crippen LogP contribution in [0.1, 0.15) is 43.5 Å². The topological polar surface area (TPSA) is 69.4 Å². The van der Waals surface area contributed by atoms with Crippen molar-refractivity contribution in [3.05, 3.63) is 60.2 Å². The van der Waals surface area contributed by atoms with Crippen molar-refractivity contribution in [3.63, 3.8) is 0 Å². The molecule has 0 spiro atoms. The Hall–Kier alpha value is -2.33. The fourth-order valence-electron chi connectivity index (χ4n) is 1.80. The van der Waals surface area contributed by atoms with Crippen LogP contribution in [0.4, 0.5) is 0 Å². The number of unbranched alkanes of at least 4 members (excludes halogenated alkanes) is 1. The molecule has 0 heterocycles. The summed E-state index contributed by atoms with van der Waals surface area (Å²) in [6.07, 6.45) is 2.94. The third-order valence-electron chi connectivity index (χ3n) is 3.01. The molecule has 5 heteroatoms. The minimum Gasteiger partial charge on any atom is -0.457 e. The molecule has 0 fully saturated rings. The maximum atomic E-state index is 11.2. The van der Waals surface area contributed by atoms with E-state index >= 15 is 0 Å². The summed E-state index contributed by atoms with van der Waals surface area (Å²) in [4.78, 5) is 21.4. The average Bonchev–Trinajstić information content (AvgIpc) is 2.55. The lowest BCUT2D eigenvalue weighted by Crippen LogP contribution is -2.11. The molecule has 0 atom stereocenters. The summed E-state index contributed by atoms with van der Waals surface area (Å²) in [5.74, 6) is 0.964. The Morgan fingerprint density at radius 1 is 1.00 bits per heavy atom. The summed E-state index contributed by atoms with van der Waals surface area (Å²) in [6, 6.07) is 16.2. The van der Waals surface area contributed by atoms with Crippen LogP contribution in [-0.2, 0) is 4.79 Å². The van der Waals surface area contributed by atoms with Gasteiger partial charge in [-0.2, -0.15) is 0 Å². The molecule has 0 radical (unpaired) electrons. The zero-order chi connectivity index (χ0) is 17.1. The van der Waals surface area contributed by atoms with Crippen molar-refractivity contribution in [3.8, 4) is 11.5 Å². The van der Waals surface area contributed by atoms with Crippen molar-refractivity contribution in [2.45, 2.75) is 33.1 Å². The van der Waals surface area contributed by atoms with Crippen LogP contribution in [0.2, 0.25) is 0 Å². The van der Waals surface area contributed by atoms with Crippen molar-refractivity contribution in [1.82, 2.24) is 0 Å². The number of ether oxygens (including phenoxy) is 1. The smallest absolute Gasteiger partial charge is 0.252 e. The van der Waals surface area contributed by atoms with Crippen molar-refractivity contribution in [1.29, 1.82) is 0 Å². The van der Waals surface area contributed by atoms with Crippen LogP contribution in [0.5, 0.6) is 11.5 Å². The molecule has 0 aliphatic heterocycles. The van der Waals surface area contributed by atoms with Crippen LogP contribution in [0.25, 0.3) is 0 Å². The predicted octanol–water partition coefficient (Wildman–Crippen LogP) is 4.77. The Labute approximate surface area is 149 Å². The second-order valence-corrected chi connectivity index (χ2v) is 5.08. The van der Waals surface area contributed by atoms with E-state index in [0.717, 1.165) is 19.3 Å². The Morgan fingerprint density at radius 3 is 2.08 bits per heavy atom. The van der Waals surface area contributed by atoms with Crippen molar-refractivity contribution in [2.75, 3.05) is 0 Å². The summed E-state index contributed by atoms with van der Waals surface area (Å²) < 4.78 is 5.57. The largest absolute Gasteiger partial charge is 0.457 e. The van der Waals surface area contributed by atoms with Crippen LogP contribution >= 0.6 is 12.4 Å². The maximum Gasteiger partial charge on any atom is 0.252 e. The Bertz CT molecular complexity index is 630. The minimum absolute atomic E-state index is 0. The number of para-hydroxylation sites is 2. The van der Waals surface area contributed by atoms with Gasteiger partial charge in [0.2, 0.25) is 0 Å². The highest BCUT2D eigenvalue weighted by Gasteiger charge is 2.08. The summed E-state index contributed by atoms with van der Waals surface area (Å²) in [5, 5.41) is 0. The van der Waals surface area contributed by atoms with E-state index in [1.807, 2.05) is 30.3 Å². The fourth-order valence-corrected chi connectivity index (χ4v) is 1.80. The molecular formula is C19H24ClNO3. The first-order valence-corrected chi connectivity index (χ1v) is 7.65. The van der Waals surface area contributed by atoms with Gasteiger partial charge < -0.3 is 15.3 Å². The molecule has 0 aliphatic rings. The number of carbonyl (C=O) groups is 2. The Morgan fingerprint density at radius 2 is 1.58 bits per heavy atom. The number of hydrogen-bond acceptors (Lipinski definition) is 3. The number of Topliss-reactive ketones (excluding diaryl/α,β-unsaturated/α-hetero) is 1. The summed E-state index contributed by atoms with van der Waals surface area (Å²) in [7, 11) is 0. The fraction of sp³-hybridized carbons (Fsp3) is 0.263. The number of hydrogen-bond donors (Lipinski definition) is 1. The molecule has 2 N–H and O–H groups in total.